The van der Waals surface area contributed by atoms with Gasteiger partial charge in [-0.3, -0.25) is 9.47 Å². The molecule has 3 rings (SSSR count). The molecule has 0 aliphatic rings. The molecule has 0 saturated heterocycles. The topological polar surface area (TPSA) is 43.8 Å². The molecule has 9 heteroatoms. The second kappa shape index (κ2) is 6.17. The fourth-order valence-electron chi connectivity index (χ4n) is 2.46. The number of fused-ring (bicyclic) bond motifs is 1. The molecule has 1 aromatic carbocycles. The molecule has 6 nitrogen and oxygen atoms in total. The van der Waals surface area contributed by atoms with Crippen molar-refractivity contribution < 1.29 is 8.78 Å². The van der Waals surface area contributed by atoms with Crippen LogP contribution in [-0.4, -0.2) is 35.8 Å². The lowest BCUT2D eigenvalue weighted by molar-refractivity contribution is 0.0681. The van der Waals surface area contributed by atoms with Crippen molar-refractivity contribution in [3.63, 3.8) is 0 Å². The van der Waals surface area contributed by atoms with Crippen molar-refractivity contribution in [2.75, 3.05) is 7.05 Å². The van der Waals surface area contributed by atoms with E-state index in [1.54, 1.807) is 39.8 Å². The Labute approximate surface area is 136 Å². The van der Waals surface area contributed by atoms with Crippen LogP contribution in [0.3, 0.4) is 0 Å². The van der Waals surface area contributed by atoms with Crippen molar-refractivity contribution in [1.29, 1.82) is 0 Å². The Kier molecular flexibility index (Phi) is 4.22. The Morgan fingerprint density at radius 1 is 1.30 bits per heavy atom. The third-order valence-corrected chi connectivity index (χ3v) is 4.04. The number of imidazole rings is 1. The number of aromatic nitrogens is 5. The van der Waals surface area contributed by atoms with Crippen LogP contribution in [-0.2, 0) is 20.3 Å². The zero-order valence-corrected chi connectivity index (χ0v) is 13.5. The number of halogens is 2. The van der Waals surface area contributed by atoms with Crippen LogP contribution in [0.1, 0.15) is 12.4 Å². The van der Waals surface area contributed by atoms with Gasteiger partial charge in [-0.25, -0.2) is 9.67 Å². The van der Waals surface area contributed by atoms with E-state index in [4.69, 9.17) is 12.2 Å². The van der Waals surface area contributed by atoms with Crippen molar-refractivity contribution >= 4 is 23.3 Å². The molecular weight excluding hydrogens is 322 g/mol. The Morgan fingerprint density at radius 2 is 2.04 bits per heavy atom. The van der Waals surface area contributed by atoms with Gasteiger partial charge in [-0.15, -0.1) is 0 Å². The second-order valence-electron chi connectivity index (χ2n) is 5.34. The van der Waals surface area contributed by atoms with Crippen LogP contribution in [0.2, 0.25) is 0 Å². The molecule has 122 valence electrons. The maximum atomic E-state index is 13.4. The summed E-state index contributed by atoms with van der Waals surface area (Å²) in [7, 11) is 3.62. The van der Waals surface area contributed by atoms with Crippen LogP contribution in [0.5, 0.6) is 0 Å². The SMILES string of the molecule is CN(Cc1nc2ccccc2n1C(F)F)Cn1ncn(C)c1=S. The minimum Gasteiger partial charge on any atom is -0.310 e. The maximum absolute atomic E-state index is 13.4. The summed E-state index contributed by atoms with van der Waals surface area (Å²) in [4.78, 5) is 6.16. The van der Waals surface area contributed by atoms with E-state index in [1.807, 2.05) is 19.0 Å². The molecule has 2 heterocycles. The summed E-state index contributed by atoms with van der Waals surface area (Å²) in [5.74, 6) is 0.311. The number of alkyl halides is 2. The third kappa shape index (κ3) is 3.02. The van der Waals surface area contributed by atoms with Gasteiger partial charge in [-0.1, -0.05) is 12.1 Å². The van der Waals surface area contributed by atoms with Gasteiger partial charge in [0.1, 0.15) is 12.2 Å². The molecule has 0 radical (unpaired) electrons. The molecule has 0 aliphatic heterocycles. The first-order valence-electron chi connectivity index (χ1n) is 6.98. The predicted octanol–water partition coefficient (Wildman–Crippen LogP) is 2.79. The minimum atomic E-state index is -2.64. The Hall–Kier alpha value is -2.13. The van der Waals surface area contributed by atoms with E-state index in [0.29, 0.717) is 28.3 Å². The summed E-state index contributed by atoms with van der Waals surface area (Å²) < 4.78 is 31.7. The molecule has 0 saturated carbocycles. The normalized spacial score (nSPS) is 11.9. The van der Waals surface area contributed by atoms with Crippen LogP contribution in [0.4, 0.5) is 8.78 Å². The molecule has 3 aromatic rings. The summed E-state index contributed by atoms with van der Waals surface area (Å²) in [5.41, 5.74) is 0.992. The van der Waals surface area contributed by atoms with Crippen LogP contribution < -0.4 is 0 Å². The average Bonchev–Trinajstić information content (AvgIpc) is 3.01. The summed E-state index contributed by atoms with van der Waals surface area (Å²) >= 11 is 5.23. The van der Waals surface area contributed by atoms with Crippen molar-refractivity contribution in [3.05, 3.63) is 41.2 Å². The number of para-hydroxylation sites is 2. The minimum absolute atomic E-state index is 0.261. The van der Waals surface area contributed by atoms with E-state index < -0.39 is 6.55 Å². The monoisotopic (exact) mass is 338 g/mol. The van der Waals surface area contributed by atoms with E-state index >= 15 is 0 Å². The maximum Gasteiger partial charge on any atom is 0.320 e. The molecule has 0 N–H and O–H groups in total. The molecule has 0 fully saturated rings. The van der Waals surface area contributed by atoms with Gasteiger partial charge in [0, 0.05) is 7.05 Å². The molecule has 0 bridgehead atoms. The highest BCUT2D eigenvalue weighted by atomic mass is 32.1. The average molecular weight is 338 g/mol. The number of aryl methyl sites for hydroxylation is 1. The smallest absolute Gasteiger partial charge is 0.310 e. The highest BCUT2D eigenvalue weighted by Crippen LogP contribution is 2.23. The number of rotatable bonds is 5. The van der Waals surface area contributed by atoms with Gasteiger partial charge in [0.25, 0.3) is 0 Å². The van der Waals surface area contributed by atoms with Gasteiger partial charge in [-0.05, 0) is 31.4 Å². The Morgan fingerprint density at radius 3 is 2.70 bits per heavy atom. The van der Waals surface area contributed by atoms with Crippen molar-refractivity contribution in [1.82, 2.24) is 28.8 Å². The van der Waals surface area contributed by atoms with Crippen LogP contribution >= 0.6 is 12.2 Å². The van der Waals surface area contributed by atoms with E-state index in [0.717, 1.165) is 4.57 Å². The van der Waals surface area contributed by atoms with Gasteiger partial charge >= 0.3 is 6.55 Å². The van der Waals surface area contributed by atoms with E-state index in [9.17, 15) is 8.78 Å². The molecule has 23 heavy (non-hydrogen) atoms. The summed E-state index contributed by atoms with van der Waals surface area (Å²) in [6.07, 6.45) is 1.62. The number of hydrogen-bond acceptors (Lipinski definition) is 4. The number of benzene rings is 1. The second-order valence-corrected chi connectivity index (χ2v) is 5.71. The highest BCUT2D eigenvalue weighted by molar-refractivity contribution is 7.71. The van der Waals surface area contributed by atoms with Gasteiger partial charge in [0.05, 0.1) is 24.2 Å². The number of hydrogen-bond donors (Lipinski definition) is 0. The largest absolute Gasteiger partial charge is 0.320 e. The molecule has 0 atom stereocenters. The fourth-order valence-corrected chi connectivity index (χ4v) is 2.61. The zero-order chi connectivity index (χ0) is 16.6. The zero-order valence-electron chi connectivity index (χ0n) is 12.7. The van der Waals surface area contributed by atoms with Crippen LogP contribution in [0.15, 0.2) is 30.6 Å². The van der Waals surface area contributed by atoms with Gasteiger partial charge < -0.3 is 4.57 Å². The summed E-state index contributed by atoms with van der Waals surface area (Å²) in [5, 5.41) is 4.16. The quantitative estimate of drug-likeness (QED) is 0.671. The molecular formula is C14H16F2N6S. The van der Waals surface area contributed by atoms with E-state index in [1.165, 1.54) is 0 Å². The summed E-state index contributed by atoms with van der Waals surface area (Å²) in [6.45, 7) is -1.98. The highest BCUT2D eigenvalue weighted by Gasteiger charge is 2.18. The van der Waals surface area contributed by atoms with Crippen molar-refractivity contribution in [2.45, 2.75) is 19.8 Å². The van der Waals surface area contributed by atoms with Crippen LogP contribution in [0, 0.1) is 4.77 Å². The van der Waals surface area contributed by atoms with Crippen molar-refractivity contribution in [2.24, 2.45) is 7.05 Å². The molecule has 0 amide bonds. The predicted molar refractivity (Wildman–Crippen MR) is 84.5 cm³/mol. The molecule has 0 unspecified atom stereocenters. The molecule has 0 aliphatic carbocycles. The first kappa shape index (κ1) is 15.8. The van der Waals surface area contributed by atoms with Crippen LogP contribution in [0.25, 0.3) is 11.0 Å². The van der Waals surface area contributed by atoms with Gasteiger partial charge in [0.15, 0.2) is 4.77 Å². The Balaban J connectivity index is 1.87. The van der Waals surface area contributed by atoms with E-state index in [-0.39, 0.29) is 6.54 Å². The first-order valence-corrected chi connectivity index (χ1v) is 7.39. The fraction of sp³-hybridized carbons (Fsp3) is 0.357. The lowest BCUT2D eigenvalue weighted by Gasteiger charge is -2.17. The number of nitrogens with zero attached hydrogens (tertiary/aromatic N) is 6. The lowest BCUT2D eigenvalue weighted by atomic mass is 10.3. The summed E-state index contributed by atoms with van der Waals surface area (Å²) in [6, 6.07) is 6.88. The van der Waals surface area contributed by atoms with Gasteiger partial charge in [-0.2, -0.15) is 13.9 Å². The van der Waals surface area contributed by atoms with E-state index in [2.05, 4.69) is 10.1 Å². The standard InChI is InChI=1S/C14H16F2N6S/c1-19(9-21-14(23)20(2)8-17-21)7-12-18-10-5-3-4-6-11(10)22(12)13(15)16/h3-6,8,13H,7,9H2,1-2H3. The Bertz CT molecular complexity index is 881. The molecule has 0 spiro atoms. The first-order chi connectivity index (χ1) is 11.0. The van der Waals surface area contributed by atoms with Gasteiger partial charge in [0.2, 0.25) is 0 Å². The molecule has 2 aromatic heterocycles. The van der Waals surface area contributed by atoms with Crippen molar-refractivity contribution in [3.8, 4) is 0 Å². The third-order valence-electron chi connectivity index (χ3n) is 3.54. The lowest BCUT2D eigenvalue weighted by Crippen LogP contribution is -2.24.